The molecule has 1 saturated heterocycles. The van der Waals surface area contributed by atoms with Gasteiger partial charge in [0.15, 0.2) is 0 Å². The van der Waals surface area contributed by atoms with Crippen LogP contribution in [0.2, 0.25) is 0 Å². The molecular weight excluding hydrogens is 202 g/mol. The number of hydrogen-bond donors (Lipinski definition) is 1. The topological polar surface area (TPSA) is 50.5 Å². The summed E-state index contributed by atoms with van der Waals surface area (Å²) >= 11 is 0. The van der Waals surface area contributed by atoms with Gasteiger partial charge in [-0.25, -0.2) is 0 Å². The van der Waals surface area contributed by atoms with Crippen molar-refractivity contribution in [3.8, 4) is 6.07 Å². The van der Waals surface area contributed by atoms with E-state index < -0.39 is 0 Å². The maximum Gasteiger partial charge on any atom is 0.0639 e. The Morgan fingerprint density at radius 3 is 2.81 bits per heavy atom. The molecule has 0 aromatic carbocycles. The van der Waals surface area contributed by atoms with E-state index in [9.17, 15) is 5.11 Å². The highest BCUT2D eigenvalue weighted by molar-refractivity contribution is 4.80. The lowest BCUT2D eigenvalue weighted by Gasteiger charge is -2.40. The number of rotatable bonds is 5. The first kappa shape index (κ1) is 13.4. The highest BCUT2D eigenvalue weighted by atomic mass is 16.3. The molecular formula is C12H23N3O. The molecule has 1 heterocycles. The van der Waals surface area contributed by atoms with Crippen molar-refractivity contribution in [1.29, 1.82) is 5.26 Å². The summed E-state index contributed by atoms with van der Waals surface area (Å²) in [4.78, 5) is 4.76. The molecule has 16 heavy (non-hydrogen) atoms. The standard InChI is InChI=1S/C12H23N3O/c1-11-9-14(6-4-3-5-13)7-8-15(11)10-12(2)16/h11-12,16H,3-4,6-10H2,1-2H3. The van der Waals surface area contributed by atoms with Crippen LogP contribution < -0.4 is 0 Å². The molecule has 1 N–H and O–H groups in total. The van der Waals surface area contributed by atoms with Crippen molar-refractivity contribution in [2.45, 2.75) is 38.8 Å². The van der Waals surface area contributed by atoms with Gasteiger partial charge in [0.25, 0.3) is 0 Å². The predicted octanol–water partition coefficient (Wildman–Crippen LogP) is 0.677. The van der Waals surface area contributed by atoms with Gasteiger partial charge in [-0.15, -0.1) is 0 Å². The molecule has 4 heteroatoms. The maximum absolute atomic E-state index is 9.37. The van der Waals surface area contributed by atoms with Gasteiger partial charge in [0.1, 0.15) is 0 Å². The average Bonchev–Trinajstić information content (AvgIpc) is 2.22. The van der Waals surface area contributed by atoms with E-state index in [1.807, 2.05) is 6.92 Å². The quantitative estimate of drug-likeness (QED) is 0.699. The Morgan fingerprint density at radius 2 is 2.25 bits per heavy atom. The van der Waals surface area contributed by atoms with Gasteiger partial charge in [0.2, 0.25) is 0 Å². The number of hydrogen-bond acceptors (Lipinski definition) is 4. The minimum Gasteiger partial charge on any atom is -0.392 e. The zero-order valence-electron chi connectivity index (χ0n) is 10.4. The van der Waals surface area contributed by atoms with E-state index in [4.69, 9.17) is 5.26 Å². The van der Waals surface area contributed by atoms with Crippen LogP contribution in [0.15, 0.2) is 0 Å². The van der Waals surface area contributed by atoms with Gasteiger partial charge in [0.05, 0.1) is 12.2 Å². The Kier molecular flexibility index (Phi) is 5.75. The molecule has 4 nitrogen and oxygen atoms in total. The number of nitriles is 1. The molecule has 0 spiro atoms. The summed E-state index contributed by atoms with van der Waals surface area (Å²) in [6.07, 6.45) is 1.38. The molecule has 2 unspecified atom stereocenters. The molecule has 92 valence electrons. The number of unbranched alkanes of at least 4 members (excludes halogenated alkanes) is 1. The molecule has 0 aromatic rings. The van der Waals surface area contributed by atoms with Crippen LogP contribution in [-0.2, 0) is 0 Å². The Balaban J connectivity index is 2.25. The second kappa shape index (κ2) is 6.85. The molecule has 2 atom stereocenters. The Hall–Kier alpha value is -0.630. The number of piperazine rings is 1. The minimum absolute atomic E-state index is 0.243. The lowest BCUT2D eigenvalue weighted by molar-refractivity contribution is 0.0449. The molecule has 0 saturated carbocycles. The summed E-state index contributed by atoms with van der Waals surface area (Å²) in [7, 11) is 0. The van der Waals surface area contributed by atoms with Crippen molar-refractivity contribution in [1.82, 2.24) is 9.80 Å². The third-order valence-electron chi connectivity index (χ3n) is 3.11. The zero-order valence-corrected chi connectivity index (χ0v) is 10.4. The monoisotopic (exact) mass is 225 g/mol. The molecule has 0 aromatic heterocycles. The van der Waals surface area contributed by atoms with Gasteiger partial charge >= 0.3 is 0 Å². The van der Waals surface area contributed by atoms with Crippen LogP contribution in [-0.4, -0.2) is 59.8 Å². The van der Waals surface area contributed by atoms with Crippen LogP contribution in [0, 0.1) is 11.3 Å². The van der Waals surface area contributed by atoms with Crippen molar-refractivity contribution in [2.24, 2.45) is 0 Å². The van der Waals surface area contributed by atoms with E-state index in [1.165, 1.54) is 0 Å². The fourth-order valence-electron chi connectivity index (χ4n) is 2.27. The van der Waals surface area contributed by atoms with E-state index in [2.05, 4.69) is 22.8 Å². The second-order valence-electron chi connectivity index (χ2n) is 4.76. The highest BCUT2D eigenvalue weighted by Crippen LogP contribution is 2.10. The average molecular weight is 225 g/mol. The molecule has 1 rings (SSSR count). The van der Waals surface area contributed by atoms with E-state index in [0.717, 1.165) is 39.1 Å². The van der Waals surface area contributed by atoms with Crippen LogP contribution in [0.5, 0.6) is 0 Å². The first-order chi connectivity index (χ1) is 7.63. The maximum atomic E-state index is 9.37. The van der Waals surface area contributed by atoms with Crippen LogP contribution >= 0.6 is 0 Å². The molecule has 0 amide bonds. The smallest absolute Gasteiger partial charge is 0.0639 e. The SMILES string of the molecule is CC(O)CN1CCN(CCCC#N)CC1C. The van der Waals surface area contributed by atoms with E-state index in [1.54, 1.807) is 0 Å². The van der Waals surface area contributed by atoms with Gasteiger partial charge in [-0.3, -0.25) is 4.90 Å². The Labute approximate surface area is 98.5 Å². The molecule has 1 fully saturated rings. The lowest BCUT2D eigenvalue weighted by Crippen LogP contribution is -2.53. The number of aliphatic hydroxyl groups is 1. The van der Waals surface area contributed by atoms with Crippen LogP contribution in [0.3, 0.4) is 0 Å². The van der Waals surface area contributed by atoms with Gasteiger partial charge in [-0.2, -0.15) is 5.26 Å². The van der Waals surface area contributed by atoms with Crippen molar-refractivity contribution in [3.63, 3.8) is 0 Å². The van der Waals surface area contributed by atoms with Gasteiger partial charge in [0, 0.05) is 38.6 Å². The summed E-state index contributed by atoms with van der Waals surface area (Å²) in [6.45, 7) is 8.98. The number of β-amino-alcohol motifs (C(OH)–C–C–N with tert-alkyl or cyclic N) is 1. The second-order valence-corrected chi connectivity index (χ2v) is 4.76. The molecule has 0 bridgehead atoms. The van der Waals surface area contributed by atoms with Crippen molar-refractivity contribution < 1.29 is 5.11 Å². The third kappa shape index (κ3) is 4.48. The number of nitrogens with zero attached hydrogens (tertiary/aromatic N) is 3. The van der Waals surface area contributed by atoms with Crippen LogP contribution in [0.4, 0.5) is 0 Å². The van der Waals surface area contributed by atoms with E-state index >= 15 is 0 Å². The number of aliphatic hydroxyl groups excluding tert-OH is 1. The molecule has 1 aliphatic rings. The molecule has 0 aliphatic carbocycles. The lowest BCUT2D eigenvalue weighted by atomic mass is 10.1. The first-order valence-electron chi connectivity index (χ1n) is 6.15. The Morgan fingerprint density at radius 1 is 1.50 bits per heavy atom. The summed E-state index contributed by atoms with van der Waals surface area (Å²) in [5.41, 5.74) is 0. The van der Waals surface area contributed by atoms with Gasteiger partial charge < -0.3 is 10.0 Å². The summed E-state index contributed by atoms with van der Waals surface area (Å²) in [5, 5.41) is 17.9. The third-order valence-corrected chi connectivity index (χ3v) is 3.11. The summed E-state index contributed by atoms with van der Waals surface area (Å²) in [5.74, 6) is 0. The van der Waals surface area contributed by atoms with Crippen molar-refractivity contribution in [2.75, 3.05) is 32.7 Å². The normalized spacial score (nSPS) is 25.2. The Bertz CT molecular complexity index is 237. The van der Waals surface area contributed by atoms with Crippen LogP contribution in [0.1, 0.15) is 26.7 Å². The fourth-order valence-corrected chi connectivity index (χ4v) is 2.27. The highest BCUT2D eigenvalue weighted by Gasteiger charge is 2.23. The predicted molar refractivity (Wildman–Crippen MR) is 64.0 cm³/mol. The summed E-state index contributed by atoms with van der Waals surface area (Å²) < 4.78 is 0. The van der Waals surface area contributed by atoms with E-state index in [-0.39, 0.29) is 6.10 Å². The van der Waals surface area contributed by atoms with E-state index in [0.29, 0.717) is 12.5 Å². The van der Waals surface area contributed by atoms with Crippen LogP contribution in [0.25, 0.3) is 0 Å². The zero-order chi connectivity index (χ0) is 12.0. The first-order valence-corrected chi connectivity index (χ1v) is 6.15. The van der Waals surface area contributed by atoms with Gasteiger partial charge in [-0.05, 0) is 26.8 Å². The minimum atomic E-state index is -0.243. The van der Waals surface area contributed by atoms with Crippen molar-refractivity contribution in [3.05, 3.63) is 0 Å². The molecule has 0 radical (unpaired) electrons. The fraction of sp³-hybridized carbons (Fsp3) is 0.917. The van der Waals surface area contributed by atoms with Crippen molar-refractivity contribution >= 4 is 0 Å². The van der Waals surface area contributed by atoms with Gasteiger partial charge in [-0.1, -0.05) is 0 Å². The molecule has 1 aliphatic heterocycles. The summed E-state index contributed by atoms with van der Waals surface area (Å²) in [6, 6.07) is 2.69. The largest absolute Gasteiger partial charge is 0.392 e.